The molecule has 5 nitrogen and oxygen atoms in total. The standard InChI is InChI=1S/C16H25BrN4O/c1-4-18-10-12-5-7-21(8-6-12)16(22)14-9-13(17)11-19-15(14)20(2)3/h9,11-12,18H,4-8,10H2,1-3H3. The molecule has 0 aliphatic carbocycles. The average molecular weight is 369 g/mol. The summed E-state index contributed by atoms with van der Waals surface area (Å²) >= 11 is 3.42. The van der Waals surface area contributed by atoms with Crippen molar-refractivity contribution in [3.63, 3.8) is 0 Å². The van der Waals surface area contributed by atoms with E-state index in [-0.39, 0.29) is 5.91 Å². The molecule has 0 spiro atoms. The maximum atomic E-state index is 12.8. The van der Waals surface area contributed by atoms with Crippen LogP contribution in [0.1, 0.15) is 30.1 Å². The van der Waals surface area contributed by atoms with Crippen LogP contribution in [-0.2, 0) is 0 Å². The molecule has 1 aliphatic heterocycles. The van der Waals surface area contributed by atoms with Gasteiger partial charge in [0.25, 0.3) is 5.91 Å². The first-order valence-corrected chi connectivity index (χ1v) is 8.65. The number of halogens is 1. The number of rotatable bonds is 5. The number of hydrogen-bond acceptors (Lipinski definition) is 4. The lowest BCUT2D eigenvalue weighted by molar-refractivity contribution is 0.0690. The zero-order valence-electron chi connectivity index (χ0n) is 13.6. The van der Waals surface area contributed by atoms with Crippen molar-refractivity contribution in [1.82, 2.24) is 15.2 Å². The van der Waals surface area contributed by atoms with Gasteiger partial charge in [-0.25, -0.2) is 4.98 Å². The molecule has 2 heterocycles. The number of anilines is 1. The summed E-state index contributed by atoms with van der Waals surface area (Å²) in [5, 5.41) is 3.40. The minimum atomic E-state index is 0.0828. The Morgan fingerprint density at radius 3 is 2.73 bits per heavy atom. The molecule has 1 aromatic heterocycles. The third kappa shape index (κ3) is 4.20. The number of carbonyl (C=O) groups excluding carboxylic acids is 1. The maximum absolute atomic E-state index is 12.8. The number of likely N-dealkylation sites (tertiary alicyclic amines) is 1. The van der Waals surface area contributed by atoms with E-state index in [2.05, 4.69) is 33.2 Å². The number of nitrogens with zero attached hydrogens (tertiary/aromatic N) is 3. The van der Waals surface area contributed by atoms with Crippen molar-refractivity contribution in [1.29, 1.82) is 0 Å². The van der Waals surface area contributed by atoms with Crippen molar-refractivity contribution >= 4 is 27.7 Å². The molecule has 122 valence electrons. The Hall–Kier alpha value is -1.14. The predicted octanol–water partition coefficient (Wildman–Crippen LogP) is 2.37. The van der Waals surface area contributed by atoms with Gasteiger partial charge < -0.3 is 15.1 Å². The number of hydrogen-bond donors (Lipinski definition) is 1. The topological polar surface area (TPSA) is 48.5 Å². The Kier molecular flexibility index (Phi) is 6.20. The van der Waals surface area contributed by atoms with Gasteiger partial charge in [-0.2, -0.15) is 0 Å². The van der Waals surface area contributed by atoms with E-state index < -0.39 is 0 Å². The molecule has 1 N–H and O–H groups in total. The van der Waals surface area contributed by atoms with E-state index in [0.29, 0.717) is 11.5 Å². The molecule has 1 fully saturated rings. The van der Waals surface area contributed by atoms with Crippen molar-refractivity contribution in [3.8, 4) is 0 Å². The van der Waals surface area contributed by atoms with Crippen molar-refractivity contribution in [2.24, 2.45) is 5.92 Å². The van der Waals surface area contributed by atoms with Gasteiger partial charge in [0.2, 0.25) is 0 Å². The molecular weight excluding hydrogens is 344 g/mol. The fourth-order valence-electron chi connectivity index (χ4n) is 2.80. The lowest BCUT2D eigenvalue weighted by Crippen LogP contribution is -2.41. The zero-order valence-corrected chi connectivity index (χ0v) is 15.2. The van der Waals surface area contributed by atoms with Crippen LogP contribution in [0.4, 0.5) is 5.82 Å². The van der Waals surface area contributed by atoms with E-state index in [0.717, 1.165) is 49.3 Å². The van der Waals surface area contributed by atoms with Gasteiger partial charge in [0.1, 0.15) is 5.82 Å². The van der Waals surface area contributed by atoms with Gasteiger partial charge in [0, 0.05) is 37.9 Å². The van der Waals surface area contributed by atoms with Crippen LogP contribution in [0.2, 0.25) is 0 Å². The van der Waals surface area contributed by atoms with Crippen LogP contribution in [0.3, 0.4) is 0 Å². The molecule has 0 aromatic carbocycles. The molecule has 1 aliphatic rings. The van der Waals surface area contributed by atoms with Gasteiger partial charge in [0.15, 0.2) is 0 Å². The minimum absolute atomic E-state index is 0.0828. The monoisotopic (exact) mass is 368 g/mol. The molecular formula is C16H25BrN4O. The molecule has 0 bridgehead atoms. The normalized spacial score (nSPS) is 15.9. The number of nitrogens with one attached hydrogen (secondary N) is 1. The number of carbonyl (C=O) groups is 1. The second-order valence-corrected chi connectivity index (χ2v) is 6.88. The van der Waals surface area contributed by atoms with Crippen LogP contribution in [0.25, 0.3) is 0 Å². The molecule has 0 radical (unpaired) electrons. The summed E-state index contributed by atoms with van der Waals surface area (Å²) < 4.78 is 0.837. The van der Waals surface area contributed by atoms with E-state index in [1.54, 1.807) is 6.20 Å². The molecule has 0 atom stereocenters. The van der Waals surface area contributed by atoms with E-state index in [1.165, 1.54) is 0 Å². The highest BCUT2D eigenvalue weighted by molar-refractivity contribution is 9.10. The second kappa shape index (κ2) is 7.92. The Morgan fingerprint density at radius 2 is 2.14 bits per heavy atom. The van der Waals surface area contributed by atoms with Gasteiger partial charge in [-0.05, 0) is 53.8 Å². The summed E-state index contributed by atoms with van der Waals surface area (Å²) in [6.07, 6.45) is 3.86. The van der Waals surface area contributed by atoms with Gasteiger partial charge in [-0.3, -0.25) is 4.79 Å². The predicted molar refractivity (Wildman–Crippen MR) is 93.4 cm³/mol. The van der Waals surface area contributed by atoms with Crippen molar-refractivity contribution in [3.05, 3.63) is 22.3 Å². The maximum Gasteiger partial charge on any atom is 0.257 e. The zero-order chi connectivity index (χ0) is 16.1. The summed E-state index contributed by atoms with van der Waals surface area (Å²) in [7, 11) is 3.82. The first-order chi connectivity index (χ1) is 10.5. The third-order valence-corrected chi connectivity index (χ3v) is 4.51. The summed E-state index contributed by atoms with van der Waals surface area (Å²) in [6, 6.07) is 1.87. The van der Waals surface area contributed by atoms with E-state index in [9.17, 15) is 4.79 Å². The van der Waals surface area contributed by atoms with E-state index in [1.807, 2.05) is 30.0 Å². The summed E-state index contributed by atoms with van der Waals surface area (Å²) in [4.78, 5) is 21.0. The Bertz CT molecular complexity index is 513. The first-order valence-electron chi connectivity index (χ1n) is 7.85. The molecule has 0 saturated carbocycles. The fourth-order valence-corrected chi connectivity index (χ4v) is 3.14. The van der Waals surface area contributed by atoms with E-state index in [4.69, 9.17) is 0 Å². The summed E-state index contributed by atoms with van der Waals surface area (Å²) in [6.45, 7) is 5.85. The van der Waals surface area contributed by atoms with E-state index >= 15 is 0 Å². The van der Waals surface area contributed by atoms with Gasteiger partial charge in [-0.1, -0.05) is 6.92 Å². The van der Waals surface area contributed by atoms with Crippen LogP contribution in [-0.4, -0.2) is 56.1 Å². The minimum Gasteiger partial charge on any atom is -0.362 e. The second-order valence-electron chi connectivity index (χ2n) is 5.96. The smallest absolute Gasteiger partial charge is 0.257 e. The van der Waals surface area contributed by atoms with Gasteiger partial charge >= 0.3 is 0 Å². The van der Waals surface area contributed by atoms with Crippen LogP contribution < -0.4 is 10.2 Å². The molecule has 1 saturated heterocycles. The lowest BCUT2D eigenvalue weighted by atomic mass is 9.96. The molecule has 1 amide bonds. The average Bonchev–Trinajstić information content (AvgIpc) is 2.52. The highest BCUT2D eigenvalue weighted by Crippen LogP contribution is 2.24. The summed E-state index contributed by atoms with van der Waals surface area (Å²) in [5.74, 6) is 1.49. The number of aromatic nitrogens is 1. The Labute approximate surface area is 141 Å². The highest BCUT2D eigenvalue weighted by Gasteiger charge is 2.26. The van der Waals surface area contributed by atoms with Crippen molar-refractivity contribution in [2.75, 3.05) is 45.2 Å². The summed E-state index contributed by atoms with van der Waals surface area (Å²) in [5.41, 5.74) is 0.671. The van der Waals surface area contributed by atoms with Crippen molar-refractivity contribution < 1.29 is 4.79 Å². The molecule has 0 unspecified atom stereocenters. The lowest BCUT2D eigenvalue weighted by Gasteiger charge is -2.32. The van der Waals surface area contributed by atoms with Crippen LogP contribution in [0.5, 0.6) is 0 Å². The highest BCUT2D eigenvalue weighted by atomic mass is 79.9. The number of pyridine rings is 1. The third-order valence-electron chi connectivity index (χ3n) is 4.07. The SMILES string of the molecule is CCNCC1CCN(C(=O)c2cc(Br)cnc2N(C)C)CC1. The fraction of sp³-hybridized carbons (Fsp3) is 0.625. The van der Waals surface area contributed by atoms with Gasteiger partial charge in [0.05, 0.1) is 5.56 Å². The molecule has 22 heavy (non-hydrogen) atoms. The quantitative estimate of drug-likeness (QED) is 0.866. The molecule has 6 heteroatoms. The molecule has 1 aromatic rings. The Morgan fingerprint density at radius 1 is 1.45 bits per heavy atom. The van der Waals surface area contributed by atoms with Crippen LogP contribution >= 0.6 is 15.9 Å². The Balaban J connectivity index is 2.05. The largest absolute Gasteiger partial charge is 0.362 e. The van der Waals surface area contributed by atoms with Crippen molar-refractivity contribution in [2.45, 2.75) is 19.8 Å². The van der Waals surface area contributed by atoms with Gasteiger partial charge in [-0.15, -0.1) is 0 Å². The molecule has 2 rings (SSSR count). The van der Waals surface area contributed by atoms with Crippen LogP contribution in [0.15, 0.2) is 16.7 Å². The van der Waals surface area contributed by atoms with Crippen LogP contribution in [0, 0.1) is 5.92 Å². The number of amides is 1. The first kappa shape index (κ1) is 17.2. The number of piperidine rings is 1.